The number of anilines is 1. The van der Waals surface area contributed by atoms with Crippen molar-refractivity contribution in [1.82, 2.24) is 0 Å². The van der Waals surface area contributed by atoms with Gasteiger partial charge in [0.15, 0.2) is 6.61 Å². The van der Waals surface area contributed by atoms with E-state index in [-0.39, 0.29) is 18.8 Å². The molecule has 0 atom stereocenters. The Labute approximate surface area is 184 Å². The molecule has 1 amide bonds. The average Bonchev–Trinajstić information content (AvgIpc) is 3.14. The van der Waals surface area contributed by atoms with Gasteiger partial charge in [-0.3, -0.25) is 4.79 Å². The number of aryl methyl sites for hydroxylation is 1. The molecule has 3 rings (SSSR count). The molecule has 8 heteroatoms. The number of benzene rings is 1. The Kier molecular flexibility index (Phi) is 7.42. The number of carbonyl (C=O) groups excluding carboxylic acids is 2. The first-order valence-electron chi connectivity index (χ1n) is 9.92. The Morgan fingerprint density at radius 2 is 2.06 bits per heavy atom. The smallest absolute Gasteiger partial charge is 0.341 e. The summed E-state index contributed by atoms with van der Waals surface area (Å²) in [5, 5.41) is 21.3. The molecule has 1 aliphatic carbocycles. The molecule has 1 aromatic heterocycles. The first kappa shape index (κ1) is 22.1. The zero-order chi connectivity index (χ0) is 22.2. The van der Waals surface area contributed by atoms with Crippen LogP contribution in [0.5, 0.6) is 5.75 Å². The highest BCUT2D eigenvalue weighted by Crippen LogP contribution is 2.38. The lowest BCUT2D eigenvalue weighted by molar-refractivity contribution is -0.112. The molecule has 0 unspecified atom stereocenters. The van der Waals surface area contributed by atoms with Gasteiger partial charge in [0.25, 0.3) is 5.91 Å². The lowest BCUT2D eigenvalue weighted by Crippen LogP contribution is -2.16. The maximum Gasteiger partial charge on any atom is 0.341 e. The van der Waals surface area contributed by atoms with Crippen LogP contribution in [0.2, 0.25) is 0 Å². The lowest BCUT2D eigenvalue weighted by Gasteiger charge is -2.12. The summed E-state index contributed by atoms with van der Waals surface area (Å²) in [4.78, 5) is 26.5. The average molecular weight is 436 g/mol. The fourth-order valence-corrected chi connectivity index (χ4v) is 4.64. The highest BCUT2D eigenvalue weighted by atomic mass is 32.1. The summed E-state index contributed by atoms with van der Waals surface area (Å²) in [6.45, 7) is 1.88. The normalized spacial score (nSPS) is 12.8. The minimum absolute atomic E-state index is 0.0988. The van der Waals surface area contributed by atoms with Crippen LogP contribution in [0.3, 0.4) is 0 Å². The number of amides is 1. The first-order valence-corrected chi connectivity index (χ1v) is 10.7. The Bertz CT molecular complexity index is 1110. The van der Waals surface area contributed by atoms with Gasteiger partial charge < -0.3 is 14.8 Å². The highest BCUT2D eigenvalue weighted by Gasteiger charge is 2.27. The van der Waals surface area contributed by atoms with Gasteiger partial charge in [-0.15, -0.1) is 11.3 Å². The van der Waals surface area contributed by atoms with E-state index in [0.717, 1.165) is 36.1 Å². The molecule has 1 N–H and O–H groups in total. The van der Waals surface area contributed by atoms with Crippen molar-refractivity contribution in [2.24, 2.45) is 0 Å². The molecule has 2 aromatic rings. The predicted molar refractivity (Wildman–Crippen MR) is 117 cm³/mol. The van der Waals surface area contributed by atoms with Crippen molar-refractivity contribution in [3.63, 3.8) is 0 Å². The van der Waals surface area contributed by atoms with Gasteiger partial charge in [-0.25, -0.2) is 4.79 Å². The molecule has 0 radical (unpaired) electrons. The van der Waals surface area contributed by atoms with Crippen molar-refractivity contribution in [3.8, 4) is 17.9 Å². The molecule has 0 fully saturated rings. The van der Waals surface area contributed by atoms with Crippen molar-refractivity contribution in [2.45, 2.75) is 32.6 Å². The van der Waals surface area contributed by atoms with Crippen molar-refractivity contribution >= 4 is 34.3 Å². The molecular weight excluding hydrogens is 414 g/mol. The molecule has 0 spiro atoms. The summed E-state index contributed by atoms with van der Waals surface area (Å²) in [6, 6.07) is 10.5. The number of ether oxygens (including phenoxy) is 2. The van der Waals surface area contributed by atoms with Gasteiger partial charge in [0, 0.05) is 4.88 Å². The first-order chi connectivity index (χ1) is 15.1. The monoisotopic (exact) mass is 435 g/mol. The second-order valence-electron chi connectivity index (χ2n) is 6.78. The van der Waals surface area contributed by atoms with Gasteiger partial charge in [0.1, 0.15) is 28.5 Å². The van der Waals surface area contributed by atoms with E-state index < -0.39 is 11.9 Å². The molecule has 1 heterocycles. The molecule has 158 valence electrons. The van der Waals surface area contributed by atoms with Gasteiger partial charge in [0.2, 0.25) is 0 Å². The number of nitriles is 2. The number of rotatable bonds is 7. The largest absolute Gasteiger partial charge is 0.479 e. The van der Waals surface area contributed by atoms with Crippen LogP contribution in [0.15, 0.2) is 29.8 Å². The van der Waals surface area contributed by atoms with E-state index in [9.17, 15) is 14.9 Å². The summed E-state index contributed by atoms with van der Waals surface area (Å²) in [5.74, 6) is -0.597. The second kappa shape index (κ2) is 10.4. The van der Waals surface area contributed by atoms with Crippen LogP contribution in [0.4, 0.5) is 5.00 Å². The molecule has 0 aliphatic heterocycles. The van der Waals surface area contributed by atoms with E-state index in [2.05, 4.69) is 5.32 Å². The Hall–Kier alpha value is -3.62. The van der Waals surface area contributed by atoms with Crippen LogP contribution in [0.25, 0.3) is 6.08 Å². The molecule has 1 aliphatic rings. The number of carbonyl (C=O) groups is 2. The third-order valence-electron chi connectivity index (χ3n) is 4.72. The van der Waals surface area contributed by atoms with E-state index in [1.165, 1.54) is 17.4 Å². The van der Waals surface area contributed by atoms with Gasteiger partial charge in [0.05, 0.1) is 12.2 Å². The number of thiophene rings is 1. The molecule has 7 nitrogen and oxygen atoms in total. The van der Waals surface area contributed by atoms with Gasteiger partial charge in [-0.05, 0) is 61.9 Å². The van der Waals surface area contributed by atoms with Crippen molar-refractivity contribution < 1.29 is 19.1 Å². The van der Waals surface area contributed by atoms with Crippen LogP contribution in [0.1, 0.15) is 46.1 Å². The van der Waals surface area contributed by atoms with Crippen LogP contribution in [-0.2, 0) is 22.4 Å². The van der Waals surface area contributed by atoms with E-state index in [1.54, 1.807) is 31.2 Å². The predicted octanol–water partition coefficient (Wildman–Crippen LogP) is 4.25. The number of hydrogen-bond donors (Lipinski definition) is 1. The Morgan fingerprint density at radius 1 is 1.26 bits per heavy atom. The summed E-state index contributed by atoms with van der Waals surface area (Å²) >= 11 is 1.37. The quantitative estimate of drug-likeness (QED) is 0.395. The number of nitrogens with zero attached hydrogens (tertiary/aromatic N) is 2. The van der Waals surface area contributed by atoms with Gasteiger partial charge in [-0.1, -0.05) is 12.1 Å². The molecule has 1 aromatic carbocycles. The Morgan fingerprint density at radius 3 is 2.81 bits per heavy atom. The van der Waals surface area contributed by atoms with E-state index in [0.29, 0.717) is 21.9 Å². The lowest BCUT2D eigenvalue weighted by atomic mass is 9.95. The fraction of sp³-hybridized carbons (Fsp3) is 0.304. The summed E-state index contributed by atoms with van der Waals surface area (Å²) < 4.78 is 10.5. The minimum atomic E-state index is -0.602. The summed E-state index contributed by atoms with van der Waals surface area (Å²) in [7, 11) is 0. The third-order valence-corrected chi connectivity index (χ3v) is 5.92. The molecule has 0 saturated heterocycles. The summed E-state index contributed by atoms with van der Waals surface area (Å²) in [5.41, 5.74) is 1.81. The number of hydrogen-bond acceptors (Lipinski definition) is 7. The minimum Gasteiger partial charge on any atom is -0.479 e. The standard InChI is InChI=1S/C23H21N3O4S/c1-2-29-23(28)20-18-8-3-4-9-19(18)31-22(20)26-21(27)16(14-25)12-15-6-5-7-17(13-15)30-11-10-24/h5-7,12-13H,2-4,8-9,11H2,1H3,(H,26,27). The van der Waals surface area contributed by atoms with Crippen LogP contribution in [0, 0.1) is 22.7 Å². The molecule has 0 bridgehead atoms. The maximum absolute atomic E-state index is 12.8. The number of esters is 1. The highest BCUT2D eigenvalue weighted by molar-refractivity contribution is 7.17. The van der Waals surface area contributed by atoms with Crippen molar-refractivity contribution in [2.75, 3.05) is 18.5 Å². The molecule has 0 saturated carbocycles. The van der Waals surface area contributed by atoms with Crippen LogP contribution < -0.4 is 10.1 Å². The summed E-state index contributed by atoms with van der Waals surface area (Å²) in [6.07, 6.45) is 5.09. The SMILES string of the molecule is CCOC(=O)c1c(NC(=O)C(C#N)=Cc2cccc(OCC#N)c2)sc2c1CCCC2. The number of nitrogens with one attached hydrogen (secondary N) is 1. The van der Waals surface area contributed by atoms with E-state index >= 15 is 0 Å². The van der Waals surface area contributed by atoms with Gasteiger partial charge in [-0.2, -0.15) is 10.5 Å². The zero-order valence-electron chi connectivity index (χ0n) is 17.1. The van der Waals surface area contributed by atoms with E-state index in [4.69, 9.17) is 14.7 Å². The van der Waals surface area contributed by atoms with Crippen LogP contribution >= 0.6 is 11.3 Å². The fourth-order valence-electron chi connectivity index (χ4n) is 3.37. The Balaban J connectivity index is 1.87. The molecular formula is C23H21N3O4S. The van der Waals surface area contributed by atoms with E-state index in [1.807, 2.05) is 12.1 Å². The topological polar surface area (TPSA) is 112 Å². The molecule has 31 heavy (non-hydrogen) atoms. The zero-order valence-corrected chi connectivity index (χ0v) is 17.9. The maximum atomic E-state index is 12.8. The van der Waals surface area contributed by atoms with Gasteiger partial charge >= 0.3 is 5.97 Å². The second-order valence-corrected chi connectivity index (χ2v) is 7.88. The van der Waals surface area contributed by atoms with Crippen LogP contribution in [-0.4, -0.2) is 25.1 Å². The van der Waals surface area contributed by atoms with Crippen molar-refractivity contribution in [1.29, 1.82) is 10.5 Å². The third kappa shape index (κ3) is 5.30. The number of fused-ring (bicyclic) bond motifs is 1. The van der Waals surface area contributed by atoms with Crippen molar-refractivity contribution in [3.05, 3.63) is 51.4 Å².